The monoisotopic (exact) mass is 522 g/mol. The number of rotatable bonds is 10. The largest absolute Gasteiger partial charge is 0.544 e. The van der Waals surface area contributed by atoms with Crippen LogP contribution in [-0.4, -0.2) is 51.1 Å². The molecule has 36 heavy (non-hydrogen) atoms. The number of methoxy groups -OCH3 is 1. The molecule has 1 aromatic rings. The van der Waals surface area contributed by atoms with Gasteiger partial charge in [-0.05, 0) is 68.9 Å². The number of hydrogen-bond donors (Lipinski definition) is 2. The van der Waals surface area contributed by atoms with Crippen molar-refractivity contribution >= 4 is 26.3 Å². The molecular formula is C27H46N2O6Si. The van der Waals surface area contributed by atoms with Crippen molar-refractivity contribution < 1.29 is 28.3 Å². The molecule has 0 radical (unpaired) electrons. The molecule has 0 spiro atoms. The van der Waals surface area contributed by atoms with Crippen LogP contribution in [0.1, 0.15) is 67.4 Å². The second-order valence-electron chi connectivity index (χ2n) is 12.1. The average Bonchev–Trinajstić information content (AvgIpc) is 2.70. The number of hydrogen-bond acceptors (Lipinski definition) is 6. The van der Waals surface area contributed by atoms with Gasteiger partial charge in [0.1, 0.15) is 23.4 Å². The van der Waals surface area contributed by atoms with Crippen molar-refractivity contribution in [1.29, 1.82) is 0 Å². The van der Waals surface area contributed by atoms with Gasteiger partial charge in [-0.2, -0.15) is 0 Å². The summed E-state index contributed by atoms with van der Waals surface area (Å²) >= 11 is 0. The van der Waals surface area contributed by atoms with Crippen LogP contribution in [0.4, 0.5) is 4.79 Å². The summed E-state index contributed by atoms with van der Waals surface area (Å²) in [5, 5.41) is 5.46. The first kappa shape index (κ1) is 31.5. The Hall–Kier alpha value is -2.55. The summed E-state index contributed by atoms with van der Waals surface area (Å²) in [6.07, 6.45) is -0.0619. The number of carbonyl (C=O) groups excluding carboxylic acids is 3. The normalized spacial score (nSPS) is 14.0. The molecular weight excluding hydrogens is 476 g/mol. The molecule has 9 heteroatoms. The van der Waals surface area contributed by atoms with Crippen LogP contribution in [0.3, 0.4) is 0 Å². The number of carbonyl (C=O) groups is 3. The highest BCUT2D eigenvalue weighted by molar-refractivity contribution is 6.74. The molecule has 0 aliphatic heterocycles. The van der Waals surface area contributed by atoms with Gasteiger partial charge in [-0.1, -0.05) is 46.8 Å². The van der Waals surface area contributed by atoms with Crippen molar-refractivity contribution in [2.24, 2.45) is 5.92 Å². The third kappa shape index (κ3) is 10.6. The van der Waals surface area contributed by atoms with Gasteiger partial charge in [0.05, 0.1) is 7.11 Å². The van der Waals surface area contributed by atoms with Crippen LogP contribution in [-0.2, 0) is 25.5 Å². The Labute approximate surface area is 218 Å². The highest BCUT2D eigenvalue weighted by Crippen LogP contribution is 2.37. The van der Waals surface area contributed by atoms with Crippen molar-refractivity contribution in [1.82, 2.24) is 10.6 Å². The Bertz CT molecular complexity index is 885. The van der Waals surface area contributed by atoms with Crippen molar-refractivity contribution in [3.63, 3.8) is 0 Å². The Kier molecular flexibility index (Phi) is 11.0. The fourth-order valence-electron chi connectivity index (χ4n) is 3.14. The molecule has 0 fully saturated rings. The van der Waals surface area contributed by atoms with Gasteiger partial charge in [-0.15, -0.1) is 0 Å². The Balaban J connectivity index is 2.99. The molecule has 1 aromatic carbocycles. The Morgan fingerprint density at radius 1 is 0.917 bits per heavy atom. The zero-order chi connectivity index (χ0) is 27.9. The van der Waals surface area contributed by atoms with E-state index in [1.807, 2.05) is 38.1 Å². The van der Waals surface area contributed by atoms with Crippen LogP contribution < -0.4 is 15.1 Å². The maximum atomic E-state index is 13.1. The summed E-state index contributed by atoms with van der Waals surface area (Å²) < 4.78 is 16.6. The molecule has 1 rings (SSSR count). The minimum atomic E-state index is -1.97. The second-order valence-corrected chi connectivity index (χ2v) is 16.8. The van der Waals surface area contributed by atoms with Crippen molar-refractivity contribution in [2.75, 3.05) is 7.11 Å². The van der Waals surface area contributed by atoms with E-state index in [1.165, 1.54) is 7.11 Å². The second kappa shape index (κ2) is 12.6. The van der Waals surface area contributed by atoms with Gasteiger partial charge in [0, 0.05) is 6.42 Å². The molecule has 0 aliphatic rings. The van der Waals surface area contributed by atoms with Gasteiger partial charge >= 0.3 is 12.1 Å². The molecule has 2 atom stereocenters. The van der Waals surface area contributed by atoms with E-state index in [4.69, 9.17) is 13.9 Å². The number of esters is 1. The molecule has 0 saturated carbocycles. The maximum Gasteiger partial charge on any atom is 0.408 e. The first-order valence-electron chi connectivity index (χ1n) is 12.5. The van der Waals surface area contributed by atoms with Crippen molar-refractivity contribution in [3.8, 4) is 5.75 Å². The van der Waals surface area contributed by atoms with E-state index < -0.39 is 44.0 Å². The topological polar surface area (TPSA) is 103 Å². The molecule has 0 bridgehead atoms. The van der Waals surface area contributed by atoms with E-state index in [-0.39, 0.29) is 17.4 Å². The number of benzene rings is 1. The van der Waals surface area contributed by atoms with E-state index in [9.17, 15) is 14.4 Å². The van der Waals surface area contributed by atoms with Crippen LogP contribution in [0, 0.1) is 5.92 Å². The number of ether oxygens (including phenoxy) is 2. The van der Waals surface area contributed by atoms with Crippen LogP contribution in [0.25, 0.3) is 0 Å². The Morgan fingerprint density at radius 3 is 1.92 bits per heavy atom. The van der Waals surface area contributed by atoms with Gasteiger partial charge < -0.3 is 24.5 Å². The third-order valence-corrected chi connectivity index (χ3v) is 10.4. The maximum absolute atomic E-state index is 13.1. The molecule has 204 valence electrons. The standard InChI is InChI=1S/C27H46N2O6Si/c1-18(2)16-21(29-25(32)34-26(3,4)5)23(30)28-22(24(31)33-9)17-19-12-14-20(15-13-19)35-36(10,11)27(6,7)8/h12-15,18,21-22H,16-17H2,1-11H3,(H,28,30)(H,29,32)/t21-,22-/m0/s1. The highest BCUT2D eigenvalue weighted by atomic mass is 28.4. The summed E-state index contributed by atoms with van der Waals surface area (Å²) in [4.78, 5) is 37.9. The highest BCUT2D eigenvalue weighted by Gasteiger charge is 2.39. The molecule has 2 N–H and O–H groups in total. The van der Waals surface area contributed by atoms with Crippen LogP contribution >= 0.6 is 0 Å². The number of nitrogens with one attached hydrogen (secondary N) is 2. The lowest BCUT2D eigenvalue weighted by molar-refractivity contribution is -0.145. The quantitative estimate of drug-likeness (QED) is 0.323. The third-order valence-electron chi connectivity index (χ3n) is 6.06. The summed E-state index contributed by atoms with van der Waals surface area (Å²) in [5.41, 5.74) is 0.145. The van der Waals surface area contributed by atoms with Crippen LogP contribution in [0.5, 0.6) is 5.75 Å². The molecule has 0 heterocycles. The molecule has 0 aliphatic carbocycles. The van der Waals surface area contributed by atoms with Crippen LogP contribution in [0.2, 0.25) is 18.1 Å². The Morgan fingerprint density at radius 2 is 1.47 bits per heavy atom. The summed E-state index contributed by atoms with van der Waals surface area (Å²) in [5.74, 6) is -0.128. The van der Waals surface area contributed by atoms with Crippen molar-refractivity contribution in [2.45, 2.75) is 104 Å². The van der Waals surface area contributed by atoms with E-state index in [0.717, 1.165) is 11.3 Å². The van der Waals surface area contributed by atoms with Gasteiger partial charge in [0.2, 0.25) is 14.2 Å². The predicted molar refractivity (Wildman–Crippen MR) is 145 cm³/mol. The molecule has 2 amide bonds. The molecule has 0 unspecified atom stereocenters. The first-order valence-corrected chi connectivity index (χ1v) is 15.4. The lowest BCUT2D eigenvalue weighted by Crippen LogP contribution is -2.53. The number of amides is 2. The summed E-state index contributed by atoms with van der Waals surface area (Å²) in [6.45, 7) is 20.1. The zero-order valence-electron chi connectivity index (χ0n) is 23.9. The van der Waals surface area contributed by atoms with Crippen molar-refractivity contribution in [3.05, 3.63) is 29.8 Å². The fourth-order valence-corrected chi connectivity index (χ4v) is 4.17. The summed E-state index contributed by atoms with van der Waals surface area (Å²) in [6, 6.07) is 5.77. The molecule has 8 nitrogen and oxygen atoms in total. The minimum absolute atomic E-state index is 0.0752. The van der Waals surface area contributed by atoms with Crippen LogP contribution in [0.15, 0.2) is 24.3 Å². The lowest BCUT2D eigenvalue weighted by Gasteiger charge is -2.36. The average molecular weight is 523 g/mol. The van der Waals surface area contributed by atoms with Gasteiger partial charge in [-0.3, -0.25) is 4.79 Å². The molecule has 0 saturated heterocycles. The first-order chi connectivity index (χ1) is 16.3. The lowest BCUT2D eigenvalue weighted by atomic mass is 10.0. The smallest absolute Gasteiger partial charge is 0.408 e. The molecule has 0 aromatic heterocycles. The predicted octanol–water partition coefficient (Wildman–Crippen LogP) is 5.21. The van der Waals surface area contributed by atoms with E-state index in [1.54, 1.807) is 20.8 Å². The fraction of sp³-hybridized carbons (Fsp3) is 0.667. The zero-order valence-corrected chi connectivity index (χ0v) is 24.9. The van der Waals surface area contributed by atoms with Gasteiger partial charge in [0.15, 0.2) is 0 Å². The van der Waals surface area contributed by atoms with E-state index in [2.05, 4.69) is 44.5 Å². The van der Waals surface area contributed by atoms with Gasteiger partial charge in [0.25, 0.3) is 0 Å². The van der Waals surface area contributed by atoms with E-state index >= 15 is 0 Å². The number of alkyl carbamates (subject to hydrolysis) is 1. The van der Waals surface area contributed by atoms with E-state index in [0.29, 0.717) is 6.42 Å². The summed E-state index contributed by atoms with van der Waals surface area (Å²) in [7, 11) is -0.691. The SMILES string of the molecule is COC(=O)[C@H](Cc1ccc(O[Si](C)(C)C(C)(C)C)cc1)NC(=O)[C@H](CC(C)C)NC(=O)OC(C)(C)C. The van der Waals surface area contributed by atoms with Gasteiger partial charge in [-0.25, -0.2) is 9.59 Å². The minimum Gasteiger partial charge on any atom is -0.544 e.